The maximum absolute atomic E-state index is 5.35. The summed E-state index contributed by atoms with van der Waals surface area (Å²) in [5, 5.41) is 0. The SMILES string of the molecule is COC(C)OCN1C=CN(C)C1. The van der Waals surface area contributed by atoms with Gasteiger partial charge < -0.3 is 19.3 Å². The third-order valence-corrected chi connectivity index (χ3v) is 1.74. The molecule has 0 radical (unpaired) electrons. The number of methoxy groups -OCH3 is 1. The molecule has 4 heteroatoms. The van der Waals surface area contributed by atoms with Crippen molar-refractivity contribution in [2.75, 3.05) is 27.6 Å². The zero-order chi connectivity index (χ0) is 8.97. The van der Waals surface area contributed by atoms with Crippen molar-refractivity contribution in [2.24, 2.45) is 0 Å². The third kappa shape index (κ3) is 2.71. The molecule has 1 atom stereocenters. The maximum atomic E-state index is 5.35. The van der Waals surface area contributed by atoms with E-state index in [0.29, 0.717) is 6.73 Å². The Bertz CT molecular complexity index is 161. The summed E-state index contributed by atoms with van der Waals surface area (Å²) in [5.41, 5.74) is 0. The van der Waals surface area contributed by atoms with E-state index < -0.39 is 0 Å². The van der Waals surface area contributed by atoms with Crippen LogP contribution in [0.4, 0.5) is 0 Å². The lowest BCUT2D eigenvalue weighted by molar-refractivity contribution is -0.135. The van der Waals surface area contributed by atoms with Crippen LogP contribution in [0.25, 0.3) is 0 Å². The predicted octanol–water partition coefficient (Wildman–Crippen LogP) is 0.629. The quantitative estimate of drug-likeness (QED) is 0.581. The van der Waals surface area contributed by atoms with E-state index in [4.69, 9.17) is 9.47 Å². The first-order valence-electron chi connectivity index (χ1n) is 3.99. The molecule has 1 rings (SSSR count). The molecule has 0 bridgehead atoms. The molecule has 0 aromatic carbocycles. The van der Waals surface area contributed by atoms with E-state index in [9.17, 15) is 0 Å². The largest absolute Gasteiger partial charge is 0.362 e. The molecule has 0 spiro atoms. The molecule has 1 unspecified atom stereocenters. The van der Waals surface area contributed by atoms with Crippen molar-refractivity contribution in [3.8, 4) is 0 Å². The summed E-state index contributed by atoms with van der Waals surface area (Å²) in [6.07, 6.45) is 3.88. The molecule has 0 aromatic rings. The zero-order valence-electron chi connectivity index (χ0n) is 7.86. The molecule has 1 aliphatic rings. The zero-order valence-corrected chi connectivity index (χ0v) is 7.86. The van der Waals surface area contributed by atoms with Gasteiger partial charge in [-0.2, -0.15) is 0 Å². The molecular weight excluding hydrogens is 156 g/mol. The minimum atomic E-state index is -0.135. The summed E-state index contributed by atoms with van der Waals surface area (Å²) in [7, 11) is 3.66. The minimum Gasteiger partial charge on any atom is -0.362 e. The maximum Gasteiger partial charge on any atom is 0.156 e. The van der Waals surface area contributed by atoms with Gasteiger partial charge in [0.05, 0.1) is 6.67 Å². The lowest BCUT2D eigenvalue weighted by atomic mass is 10.7. The summed E-state index contributed by atoms with van der Waals surface area (Å²) in [5.74, 6) is 0. The van der Waals surface area contributed by atoms with Gasteiger partial charge in [-0.3, -0.25) is 0 Å². The fourth-order valence-electron chi connectivity index (χ4n) is 0.941. The second-order valence-corrected chi connectivity index (χ2v) is 2.88. The number of hydrogen-bond acceptors (Lipinski definition) is 4. The smallest absolute Gasteiger partial charge is 0.156 e. The number of nitrogens with zero attached hydrogens (tertiary/aromatic N) is 2. The van der Waals surface area contributed by atoms with Crippen LogP contribution in [0.15, 0.2) is 12.4 Å². The molecular formula is C8H16N2O2. The Labute approximate surface area is 73.3 Å². The Kier molecular flexibility index (Phi) is 3.37. The van der Waals surface area contributed by atoms with Gasteiger partial charge in [0.2, 0.25) is 0 Å². The Balaban J connectivity index is 2.12. The van der Waals surface area contributed by atoms with Gasteiger partial charge in [-0.1, -0.05) is 0 Å². The Hall–Kier alpha value is -0.740. The molecule has 0 saturated heterocycles. The van der Waals surface area contributed by atoms with E-state index in [-0.39, 0.29) is 6.29 Å². The first-order valence-corrected chi connectivity index (χ1v) is 3.99. The van der Waals surface area contributed by atoms with Crippen LogP contribution in [0.2, 0.25) is 0 Å². The van der Waals surface area contributed by atoms with Gasteiger partial charge in [-0.15, -0.1) is 0 Å². The van der Waals surface area contributed by atoms with Crippen molar-refractivity contribution in [3.63, 3.8) is 0 Å². The Morgan fingerprint density at radius 3 is 2.75 bits per heavy atom. The van der Waals surface area contributed by atoms with E-state index in [2.05, 4.69) is 9.80 Å². The van der Waals surface area contributed by atoms with Crippen LogP contribution >= 0.6 is 0 Å². The lowest BCUT2D eigenvalue weighted by Crippen LogP contribution is -2.27. The summed E-state index contributed by atoms with van der Waals surface area (Å²) < 4.78 is 10.3. The van der Waals surface area contributed by atoms with Crippen LogP contribution in [-0.4, -0.2) is 43.6 Å². The van der Waals surface area contributed by atoms with Crippen molar-refractivity contribution in [1.29, 1.82) is 0 Å². The summed E-state index contributed by atoms with van der Waals surface area (Å²) in [6, 6.07) is 0. The van der Waals surface area contributed by atoms with Crippen molar-refractivity contribution in [3.05, 3.63) is 12.4 Å². The Morgan fingerprint density at radius 1 is 1.50 bits per heavy atom. The van der Waals surface area contributed by atoms with Crippen LogP contribution in [0.3, 0.4) is 0 Å². The van der Waals surface area contributed by atoms with Gasteiger partial charge in [0.1, 0.15) is 6.73 Å². The standard InChI is InChI=1S/C8H16N2O2/c1-8(11-3)12-7-10-5-4-9(2)6-10/h4-5,8H,6-7H2,1-3H3. The number of ether oxygens (including phenoxy) is 2. The van der Waals surface area contributed by atoms with Crippen LogP contribution < -0.4 is 0 Å². The van der Waals surface area contributed by atoms with Gasteiger partial charge in [0.15, 0.2) is 6.29 Å². The highest BCUT2D eigenvalue weighted by atomic mass is 16.7. The van der Waals surface area contributed by atoms with Gasteiger partial charge in [0.25, 0.3) is 0 Å². The highest BCUT2D eigenvalue weighted by Gasteiger charge is 2.09. The topological polar surface area (TPSA) is 24.9 Å². The van der Waals surface area contributed by atoms with Gasteiger partial charge >= 0.3 is 0 Å². The number of rotatable bonds is 4. The molecule has 0 amide bonds. The molecule has 0 aromatic heterocycles. The molecule has 0 fully saturated rings. The Morgan fingerprint density at radius 2 is 2.25 bits per heavy atom. The molecule has 1 aliphatic heterocycles. The van der Waals surface area contributed by atoms with Crippen molar-refractivity contribution in [1.82, 2.24) is 9.80 Å². The van der Waals surface area contributed by atoms with Crippen molar-refractivity contribution >= 4 is 0 Å². The second kappa shape index (κ2) is 4.33. The van der Waals surface area contributed by atoms with E-state index in [1.165, 1.54) is 0 Å². The van der Waals surface area contributed by atoms with Crippen molar-refractivity contribution in [2.45, 2.75) is 13.2 Å². The highest BCUT2D eigenvalue weighted by molar-refractivity contribution is 4.87. The lowest BCUT2D eigenvalue weighted by Gasteiger charge is -2.20. The van der Waals surface area contributed by atoms with Crippen molar-refractivity contribution < 1.29 is 9.47 Å². The molecule has 0 saturated carbocycles. The predicted molar refractivity (Wildman–Crippen MR) is 46.0 cm³/mol. The normalized spacial score (nSPS) is 18.9. The van der Waals surface area contributed by atoms with Crippen LogP contribution in [0, 0.1) is 0 Å². The van der Waals surface area contributed by atoms with Gasteiger partial charge in [-0.25, -0.2) is 0 Å². The first-order chi connectivity index (χ1) is 5.72. The first kappa shape index (κ1) is 9.35. The van der Waals surface area contributed by atoms with E-state index >= 15 is 0 Å². The third-order valence-electron chi connectivity index (χ3n) is 1.74. The van der Waals surface area contributed by atoms with E-state index in [0.717, 1.165) is 6.67 Å². The second-order valence-electron chi connectivity index (χ2n) is 2.88. The molecule has 0 N–H and O–H groups in total. The average Bonchev–Trinajstić information content (AvgIpc) is 2.47. The monoisotopic (exact) mass is 172 g/mol. The summed E-state index contributed by atoms with van der Waals surface area (Å²) in [6.45, 7) is 3.34. The summed E-state index contributed by atoms with van der Waals surface area (Å²) in [4.78, 5) is 4.15. The fraction of sp³-hybridized carbons (Fsp3) is 0.750. The van der Waals surface area contributed by atoms with Gasteiger partial charge in [0, 0.05) is 26.6 Å². The fourth-order valence-corrected chi connectivity index (χ4v) is 0.941. The van der Waals surface area contributed by atoms with E-state index in [1.54, 1.807) is 7.11 Å². The minimum absolute atomic E-state index is 0.135. The molecule has 70 valence electrons. The van der Waals surface area contributed by atoms with Crippen LogP contribution in [-0.2, 0) is 9.47 Å². The average molecular weight is 172 g/mol. The molecule has 0 aliphatic carbocycles. The highest BCUT2D eigenvalue weighted by Crippen LogP contribution is 2.04. The van der Waals surface area contributed by atoms with E-state index in [1.807, 2.05) is 26.4 Å². The van der Waals surface area contributed by atoms with Gasteiger partial charge in [-0.05, 0) is 6.92 Å². The number of hydrogen-bond donors (Lipinski definition) is 0. The molecule has 12 heavy (non-hydrogen) atoms. The molecule has 4 nitrogen and oxygen atoms in total. The molecule has 1 heterocycles. The van der Waals surface area contributed by atoms with Crippen LogP contribution in [0.5, 0.6) is 0 Å². The summed E-state index contributed by atoms with van der Waals surface area (Å²) >= 11 is 0. The van der Waals surface area contributed by atoms with Crippen LogP contribution in [0.1, 0.15) is 6.92 Å².